The molecule has 1 amide bonds. The first-order valence-corrected chi connectivity index (χ1v) is 6.55. The fourth-order valence-corrected chi connectivity index (χ4v) is 2.63. The maximum Gasteiger partial charge on any atom is 0.227 e. The maximum absolute atomic E-state index is 12.1. The summed E-state index contributed by atoms with van der Waals surface area (Å²) in [6, 6.07) is 7.99. The van der Waals surface area contributed by atoms with Crippen LogP contribution in [0.1, 0.15) is 31.2 Å². The Morgan fingerprint density at radius 3 is 2.65 bits per heavy atom. The molecule has 3 heteroatoms. The molecule has 92 valence electrons. The molecule has 2 rings (SSSR count). The van der Waals surface area contributed by atoms with Crippen molar-refractivity contribution in [3.63, 3.8) is 0 Å². The van der Waals surface area contributed by atoms with E-state index in [1.165, 1.54) is 12.8 Å². The lowest BCUT2D eigenvalue weighted by Gasteiger charge is -2.24. The fraction of sp³-hybridized carbons (Fsp3) is 0.500. The molecule has 1 aromatic carbocycles. The molecule has 1 saturated carbocycles. The van der Waals surface area contributed by atoms with Gasteiger partial charge in [0.1, 0.15) is 0 Å². The molecule has 1 fully saturated rings. The normalized spacial score (nSPS) is 16.1. The third kappa shape index (κ3) is 3.01. The molecule has 17 heavy (non-hydrogen) atoms. The zero-order chi connectivity index (χ0) is 12.3. The number of rotatable bonds is 3. The lowest BCUT2D eigenvalue weighted by molar-refractivity contribution is -0.131. The van der Waals surface area contributed by atoms with Crippen LogP contribution in [-0.4, -0.2) is 23.9 Å². The standard InChI is InChI=1S/C14H18ClNO/c1-16(12-7-3-4-8-12)14(17)10-11-6-2-5-9-13(11)15/h2,5-6,9,12H,3-4,7-8,10H2,1H3. The van der Waals surface area contributed by atoms with Crippen LogP contribution in [0, 0.1) is 0 Å². The summed E-state index contributed by atoms with van der Waals surface area (Å²) in [5.74, 6) is 0.171. The van der Waals surface area contributed by atoms with E-state index in [2.05, 4.69) is 0 Å². The lowest BCUT2D eigenvalue weighted by atomic mass is 10.1. The summed E-state index contributed by atoms with van der Waals surface area (Å²) in [6.45, 7) is 0. The molecule has 1 aliphatic carbocycles. The summed E-state index contributed by atoms with van der Waals surface area (Å²) in [5, 5.41) is 0.681. The van der Waals surface area contributed by atoms with Crippen LogP contribution in [0.4, 0.5) is 0 Å². The highest BCUT2D eigenvalue weighted by Gasteiger charge is 2.23. The number of hydrogen-bond donors (Lipinski definition) is 0. The molecule has 0 radical (unpaired) electrons. The number of halogens is 1. The Balaban J connectivity index is 1.99. The Labute approximate surface area is 108 Å². The topological polar surface area (TPSA) is 20.3 Å². The average molecular weight is 252 g/mol. The Morgan fingerprint density at radius 1 is 1.35 bits per heavy atom. The number of nitrogens with zero attached hydrogens (tertiary/aromatic N) is 1. The van der Waals surface area contributed by atoms with Gasteiger partial charge in [0, 0.05) is 18.1 Å². The van der Waals surface area contributed by atoms with E-state index < -0.39 is 0 Å². The molecule has 0 N–H and O–H groups in total. The largest absolute Gasteiger partial charge is 0.342 e. The molecule has 0 saturated heterocycles. The Hall–Kier alpha value is -1.02. The van der Waals surface area contributed by atoms with Gasteiger partial charge in [0.2, 0.25) is 5.91 Å². The number of carbonyl (C=O) groups excluding carboxylic acids is 1. The quantitative estimate of drug-likeness (QED) is 0.807. The second-order valence-corrected chi connectivity index (χ2v) is 5.12. The van der Waals surface area contributed by atoms with E-state index in [1.54, 1.807) is 0 Å². The Kier molecular flexibility index (Phi) is 4.06. The van der Waals surface area contributed by atoms with Crippen LogP contribution >= 0.6 is 11.6 Å². The smallest absolute Gasteiger partial charge is 0.227 e. The zero-order valence-electron chi connectivity index (χ0n) is 10.2. The Bertz CT molecular complexity index is 399. The van der Waals surface area contributed by atoms with Gasteiger partial charge in [-0.25, -0.2) is 0 Å². The number of carbonyl (C=O) groups is 1. The summed E-state index contributed by atoms with van der Waals surface area (Å²) >= 11 is 6.06. The van der Waals surface area contributed by atoms with Crippen LogP contribution in [0.25, 0.3) is 0 Å². The first-order valence-electron chi connectivity index (χ1n) is 6.17. The van der Waals surface area contributed by atoms with E-state index in [0.29, 0.717) is 17.5 Å². The fourth-order valence-electron chi connectivity index (χ4n) is 2.42. The molecule has 0 atom stereocenters. The van der Waals surface area contributed by atoms with E-state index in [0.717, 1.165) is 18.4 Å². The van der Waals surface area contributed by atoms with Gasteiger partial charge in [-0.05, 0) is 24.5 Å². The molecule has 0 bridgehead atoms. The molecular weight excluding hydrogens is 234 g/mol. The Morgan fingerprint density at radius 2 is 2.00 bits per heavy atom. The third-order valence-corrected chi connectivity index (χ3v) is 3.93. The molecular formula is C14H18ClNO. The average Bonchev–Trinajstić information content (AvgIpc) is 2.84. The van der Waals surface area contributed by atoms with Crippen molar-refractivity contribution in [1.82, 2.24) is 4.90 Å². The van der Waals surface area contributed by atoms with Gasteiger partial charge in [0.25, 0.3) is 0 Å². The molecule has 0 aliphatic heterocycles. The number of amides is 1. The van der Waals surface area contributed by atoms with Crippen LogP contribution in [-0.2, 0) is 11.2 Å². The van der Waals surface area contributed by atoms with Gasteiger partial charge < -0.3 is 4.90 Å². The van der Waals surface area contributed by atoms with E-state index in [-0.39, 0.29) is 5.91 Å². The van der Waals surface area contributed by atoms with Crippen LogP contribution in [0.15, 0.2) is 24.3 Å². The zero-order valence-corrected chi connectivity index (χ0v) is 10.9. The van der Waals surface area contributed by atoms with Crippen molar-refractivity contribution in [2.45, 2.75) is 38.1 Å². The second kappa shape index (κ2) is 5.54. The maximum atomic E-state index is 12.1. The first kappa shape index (κ1) is 12.4. The predicted octanol–water partition coefficient (Wildman–Crippen LogP) is 3.28. The van der Waals surface area contributed by atoms with Gasteiger partial charge in [-0.3, -0.25) is 4.79 Å². The molecule has 2 nitrogen and oxygen atoms in total. The molecule has 0 aromatic heterocycles. The summed E-state index contributed by atoms with van der Waals surface area (Å²) < 4.78 is 0. The van der Waals surface area contributed by atoms with Crippen molar-refractivity contribution >= 4 is 17.5 Å². The van der Waals surface area contributed by atoms with Gasteiger partial charge in [-0.2, -0.15) is 0 Å². The van der Waals surface area contributed by atoms with Gasteiger partial charge in [0.05, 0.1) is 6.42 Å². The van der Waals surface area contributed by atoms with Gasteiger partial charge >= 0.3 is 0 Å². The van der Waals surface area contributed by atoms with Crippen LogP contribution in [0.2, 0.25) is 5.02 Å². The minimum absolute atomic E-state index is 0.171. The summed E-state index contributed by atoms with van der Waals surface area (Å²) in [4.78, 5) is 14.0. The summed E-state index contributed by atoms with van der Waals surface area (Å²) in [5.41, 5.74) is 0.920. The van der Waals surface area contributed by atoms with Crippen molar-refractivity contribution in [2.75, 3.05) is 7.05 Å². The molecule has 0 heterocycles. The molecule has 1 aromatic rings. The van der Waals surface area contributed by atoms with Gasteiger partial charge in [-0.1, -0.05) is 42.6 Å². The van der Waals surface area contributed by atoms with Gasteiger partial charge in [0.15, 0.2) is 0 Å². The minimum atomic E-state index is 0.171. The van der Waals surface area contributed by atoms with Crippen LogP contribution in [0.3, 0.4) is 0 Å². The minimum Gasteiger partial charge on any atom is -0.342 e. The van der Waals surface area contributed by atoms with E-state index >= 15 is 0 Å². The van der Waals surface area contributed by atoms with Gasteiger partial charge in [-0.15, -0.1) is 0 Å². The highest BCUT2D eigenvalue weighted by atomic mass is 35.5. The van der Waals surface area contributed by atoms with E-state index in [9.17, 15) is 4.79 Å². The first-order chi connectivity index (χ1) is 8.18. The van der Waals surface area contributed by atoms with Crippen molar-refractivity contribution in [2.24, 2.45) is 0 Å². The third-order valence-electron chi connectivity index (χ3n) is 3.57. The van der Waals surface area contributed by atoms with Crippen LogP contribution in [0.5, 0.6) is 0 Å². The second-order valence-electron chi connectivity index (χ2n) is 4.71. The molecule has 0 unspecified atom stereocenters. The van der Waals surface area contributed by atoms with E-state index in [4.69, 9.17) is 11.6 Å². The number of likely N-dealkylation sites (N-methyl/N-ethyl adjacent to an activating group) is 1. The highest BCUT2D eigenvalue weighted by molar-refractivity contribution is 6.31. The van der Waals surface area contributed by atoms with Crippen molar-refractivity contribution < 1.29 is 4.79 Å². The summed E-state index contributed by atoms with van der Waals surface area (Å²) in [7, 11) is 1.91. The van der Waals surface area contributed by atoms with Crippen molar-refractivity contribution in [3.8, 4) is 0 Å². The SMILES string of the molecule is CN(C(=O)Cc1ccccc1Cl)C1CCCC1. The van der Waals surface area contributed by atoms with Crippen molar-refractivity contribution in [3.05, 3.63) is 34.9 Å². The highest BCUT2D eigenvalue weighted by Crippen LogP contribution is 2.23. The molecule has 0 spiro atoms. The van der Waals surface area contributed by atoms with Crippen LogP contribution < -0.4 is 0 Å². The van der Waals surface area contributed by atoms with E-state index in [1.807, 2.05) is 36.2 Å². The number of hydrogen-bond acceptors (Lipinski definition) is 1. The van der Waals surface area contributed by atoms with Crippen molar-refractivity contribution in [1.29, 1.82) is 0 Å². The predicted molar refractivity (Wildman–Crippen MR) is 70.2 cm³/mol. The lowest BCUT2D eigenvalue weighted by Crippen LogP contribution is -2.36. The summed E-state index contributed by atoms with van der Waals surface area (Å²) in [6.07, 6.45) is 5.19. The monoisotopic (exact) mass is 251 g/mol. The number of benzene rings is 1. The molecule has 1 aliphatic rings.